The summed E-state index contributed by atoms with van der Waals surface area (Å²) in [7, 11) is 15.3. The lowest BCUT2D eigenvalue weighted by Gasteiger charge is -2.27. The van der Waals surface area contributed by atoms with E-state index in [0.717, 1.165) is 15.4 Å². The van der Waals surface area contributed by atoms with E-state index in [1.54, 1.807) is 0 Å². The van der Waals surface area contributed by atoms with Gasteiger partial charge in [-0.3, -0.25) is 0 Å². The van der Waals surface area contributed by atoms with Crippen LogP contribution in [0.4, 0.5) is 0 Å². The highest BCUT2D eigenvalue weighted by atomic mass is 16.5. The van der Waals surface area contributed by atoms with Crippen molar-refractivity contribution in [3.8, 4) is 0 Å². The normalized spacial score (nSPS) is 15.2. The number of quaternary nitrogens is 2. The Bertz CT molecular complexity index is 179. The Morgan fingerprint density at radius 3 is 1.69 bits per heavy atom. The lowest BCUT2D eigenvalue weighted by atomic mass is 10.1. The average molecular weight is 232 g/mol. The molecule has 0 spiro atoms. The number of rotatable bonds is 8. The molecule has 0 aromatic heterocycles. The summed E-state index contributed by atoms with van der Waals surface area (Å²) in [4.78, 5) is 0. The molecule has 3 heteroatoms. The van der Waals surface area contributed by atoms with E-state index in [2.05, 4.69) is 42.3 Å². The summed E-state index contributed by atoms with van der Waals surface area (Å²) >= 11 is 0. The van der Waals surface area contributed by atoms with Gasteiger partial charge in [-0.1, -0.05) is 0 Å². The first-order valence-corrected chi connectivity index (χ1v) is 6.28. The third kappa shape index (κ3) is 10.4. The van der Waals surface area contributed by atoms with E-state index in [1.165, 1.54) is 25.9 Å². The van der Waals surface area contributed by atoms with E-state index in [0.29, 0.717) is 6.10 Å². The second-order valence-corrected chi connectivity index (χ2v) is 6.82. The topological polar surface area (TPSA) is 9.23 Å². The number of ether oxygens (including phenoxy) is 1. The van der Waals surface area contributed by atoms with Crippen LogP contribution in [-0.2, 0) is 4.74 Å². The highest BCUT2D eigenvalue weighted by molar-refractivity contribution is 4.57. The molecule has 0 aromatic rings. The quantitative estimate of drug-likeness (QED) is 0.578. The van der Waals surface area contributed by atoms with Crippen LogP contribution in [-0.4, -0.2) is 77.6 Å². The highest BCUT2D eigenvalue weighted by Crippen LogP contribution is 2.09. The van der Waals surface area contributed by atoms with Gasteiger partial charge in [-0.2, -0.15) is 0 Å². The predicted molar refractivity (Wildman–Crippen MR) is 70.4 cm³/mol. The summed E-state index contributed by atoms with van der Waals surface area (Å²) in [6, 6.07) is 0. The van der Waals surface area contributed by atoms with Crippen LogP contribution in [0.15, 0.2) is 0 Å². The molecule has 16 heavy (non-hydrogen) atoms. The van der Waals surface area contributed by atoms with Gasteiger partial charge in [-0.25, -0.2) is 0 Å². The van der Waals surface area contributed by atoms with E-state index in [1.807, 2.05) is 7.11 Å². The van der Waals surface area contributed by atoms with Crippen molar-refractivity contribution in [2.75, 3.05) is 62.5 Å². The summed E-state index contributed by atoms with van der Waals surface area (Å²) < 4.78 is 7.61. The molecular weight excluding hydrogens is 200 g/mol. The minimum Gasteiger partial charge on any atom is -0.381 e. The zero-order valence-electron chi connectivity index (χ0n) is 12.4. The van der Waals surface area contributed by atoms with Gasteiger partial charge in [-0.05, 0) is 12.8 Å². The van der Waals surface area contributed by atoms with Crippen LogP contribution in [0.3, 0.4) is 0 Å². The Hall–Kier alpha value is -0.120. The smallest absolute Gasteiger partial charge is 0.0805 e. The fraction of sp³-hybridized carbons (Fsp3) is 1.00. The van der Waals surface area contributed by atoms with Crippen molar-refractivity contribution in [1.82, 2.24) is 0 Å². The van der Waals surface area contributed by atoms with Crippen LogP contribution >= 0.6 is 0 Å². The minimum absolute atomic E-state index is 0.434. The van der Waals surface area contributed by atoms with Crippen molar-refractivity contribution in [1.29, 1.82) is 0 Å². The van der Waals surface area contributed by atoms with Gasteiger partial charge in [0.1, 0.15) is 0 Å². The number of methoxy groups -OCH3 is 1. The molecule has 0 aromatic carbocycles. The molecule has 0 aliphatic carbocycles. The summed E-state index contributed by atoms with van der Waals surface area (Å²) in [5, 5.41) is 0. The van der Waals surface area contributed by atoms with Gasteiger partial charge in [0.25, 0.3) is 0 Å². The molecular formula is C13H32N2O+2. The van der Waals surface area contributed by atoms with Crippen molar-refractivity contribution >= 4 is 0 Å². The Morgan fingerprint density at radius 1 is 0.812 bits per heavy atom. The highest BCUT2D eigenvalue weighted by Gasteiger charge is 2.15. The molecule has 0 fully saturated rings. The van der Waals surface area contributed by atoms with Crippen LogP contribution in [0.5, 0.6) is 0 Å². The third-order valence-corrected chi connectivity index (χ3v) is 2.81. The monoisotopic (exact) mass is 232 g/mol. The minimum atomic E-state index is 0.434. The molecule has 0 amide bonds. The molecule has 0 N–H and O–H groups in total. The second kappa shape index (κ2) is 6.58. The van der Waals surface area contributed by atoms with Gasteiger partial charge in [0, 0.05) is 13.5 Å². The number of hydrogen-bond donors (Lipinski definition) is 0. The Morgan fingerprint density at radius 2 is 1.31 bits per heavy atom. The molecule has 0 saturated carbocycles. The molecule has 0 aliphatic heterocycles. The third-order valence-electron chi connectivity index (χ3n) is 2.81. The standard InChI is InChI=1S/C13H32N2O/c1-14(2,3)11-8-9-13(16-7)10-12-15(4,5)6/h13H,8-12H2,1-7H3/q+2. The van der Waals surface area contributed by atoms with Crippen LogP contribution in [0, 0.1) is 0 Å². The van der Waals surface area contributed by atoms with Crippen molar-refractivity contribution in [2.45, 2.75) is 25.4 Å². The van der Waals surface area contributed by atoms with E-state index >= 15 is 0 Å². The van der Waals surface area contributed by atoms with Gasteiger partial charge in [0.15, 0.2) is 0 Å². The molecule has 1 atom stereocenters. The van der Waals surface area contributed by atoms with Gasteiger partial charge < -0.3 is 13.7 Å². The van der Waals surface area contributed by atoms with Crippen molar-refractivity contribution < 1.29 is 13.7 Å². The van der Waals surface area contributed by atoms with Crippen LogP contribution in [0.1, 0.15) is 19.3 Å². The van der Waals surface area contributed by atoms with Gasteiger partial charge in [0.2, 0.25) is 0 Å². The zero-order chi connectivity index (χ0) is 12.8. The Kier molecular flexibility index (Phi) is 6.53. The number of hydrogen-bond acceptors (Lipinski definition) is 1. The lowest BCUT2D eigenvalue weighted by Crippen LogP contribution is -2.38. The first kappa shape index (κ1) is 15.9. The average Bonchev–Trinajstić information content (AvgIpc) is 2.07. The summed E-state index contributed by atoms with van der Waals surface area (Å²) in [5.41, 5.74) is 0. The van der Waals surface area contributed by atoms with Crippen LogP contribution < -0.4 is 0 Å². The fourth-order valence-electron chi connectivity index (χ4n) is 1.70. The Balaban J connectivity index is 3.76. The van der Waals surface area contributed by atoms with E-state index in [9.17, 15) is 0 Å². The van der Waals surface area contributed by atoms with Crippen molar-refractivity contribution in [2.24, 2.45) is 0 Å². The maximum Gasteiger partial charge on any atom is 0.0805 e. The summed E-state index contributed by atoms with van der Waals surface area (Å²) in [5.74, 6) is 0. The molecule has 1 unspecified atom stereocenters. The summed E-state index contributed by atoms with van der Waals surface area (Å²) in [6.45, 7) is 2.41. The first-order valence-electron chi connectivity index (χ1n) is 6.28. The number of nitrogens with zero attached hydrogens (tertiary/aromatic N) is 2. The van der Waals surface area contributed by atoms with Crippen molar-refractivity contribution in [3.63, 3.8) is 0 Å². The van der Waals surface area contributed by atoms with Crippen LogP contribution in [0.25, 0.3) is 0 Å². The fourth-order valence-corrected chi connectivity index (χ4v) is 1.70. The van der Waals surface area contributed by atoms with Gasteiger partial charge in [0.05, 0.1) is 61.5 Å². The molecule has 98 valence electrons. The molecule has 0 bridgehead atoms. The summed E-state index contributed by atoms with van der Waals surface area (Å²) in [6.07, 6.45) is 4.03. The molecule has 0 radical (unpaired) electrons. The molecule has 3 nitrogen and oxygen atoms in total. The maximum atomic E-state index is 5.54. The molecule has 0 heterocycles. The maximum absolute atomic E-state index is 5.54. The SMILES string of the molecule is COC(CCC[N+](C)(C)C)CC[N+](C)(C)C. The van der Waals surface area contributed by atoms with Crippen LogP contribution in [0.2, 0.25) is 0 Å². The first-order chi connectivity index (χ1) is 7.14. The zero-order valence-corrected chi connectivity index (χ0v) is 12.4. The molecule has 0 rings (SSSR count). The lowest BCUT2D eigenvalue weighted by molar-refractivity contribution is -0.871. The molecule has 0 aliphatic rings. The Labute approximate surface area is 102 Å². The van der Waals surface area contributed by atoms with E-state index in [-0.39, 0.29) is 0 Å². The van der Waals surface area contributed by atoms with E-state index < -0.39 is 0 Å². The second-order valence-electron chi connectivity index (χ2n) is 6.82. The van der Waals surface area contributed by atoms with E-state index in [4.69, 9.17) is 4.74 Å². The molecule has 0 saturated heterocycles. The van der Waals surface area contributed by atoms with Gasteiger partial charge >= 0.3 is 0 Å². The van der Waals surface area contributed by atoms with Gasteiger partial charge in [-0.15, -0.1) is 0 Å². The largest absolute Gasteiger partial charge is 0.381 e. The predicted octanol–water partition coefficient (Wildman–Crippen LogP) is 1.58. The van der Waals surface area contributed by atoms with Crippen molar-refractivity contribution in [3.05, 3.63) is 0 Å².